The largest absolute Gasteiger partial charge is 0.418 e. The Balaban J connectivity index is 2.65. The van der Waals surface area contributed by atoms with Gasteiger partial charge in [-0.05, 0) is 12.1 Å². The number of carbonyl (C=O) groups excluding carboxylic acids is 1. The fourth-order valence-corrected chi connectivity index (χ4v) is 0.751. The van der Waals surface area contributed by atoms with Gasteiger partial charge in [0.05, 0.1) is 0 Å². The number of carbonyl (C=O) groups is 1. The van der Waals surface area contributed by atoms with Crippen LogP contribution in [0.15, 0.2) is 30.3 Å². The van der Waals surface area contributed by atoms with Gasteiger partial charge in [0, 0.05) is 0 Å². The summed E-state index contributed by atoms with van der Waals surface area (Å²) in [7, 11) is -0.623. The average Bonchev–Trinajstić information content (AvgIpc) is 2.06. The highest BCUT2D eigenvalue weighted by Crippen LogP contribution is 2.11. The van der Waals surface area contributed by atoms with Crippen molar-refractivity contribution in [2.24, 2.45) is 0 Å². The van der Waals surface area contributed by atoms with Crippen LogP contribution in [0.5, 0.6) is 5.75 Å². The van der Waals surface area contributed by atoms with Gasteiger partial charge in [-0.15, -0.1) is 0 Å². The van der Waals surface area contributed by atoms with Gasteiger partial charge >= 0.3 is 5.71 Å². The quantitative estimate of drug-likeness (QED) is 0.637. The normalized spacial score (nSPS) is 9.45. The molecule has 0 aliphatic carbocycles. The minimum absolute atomic E-state index is 0.404. The summed E-state index contributed by atoms with van der Waals surface area (Å²) in [6, 6.07) is 8.48. The second kappa shape index (κ2) is 3.84. The Kier molecular flexibility index (Phi) is 2.75. The van der Waals surface area contributed by atoms with Crippen LogP contribution in [0, 0.1) is 0 Å². The Bertz CT molecular complexity index is 258. The van der Waals surface area contributed by atoms with Gasteiger partial charge in [-0.25, -0.2) is 4.79 Å². The van der Waals surface area contributed by atoms with Crippen molar-refractivity contribution in [1.29, 1.82) is 0 Å². The number of benzene rings is 1. The van der Waals surface area contributed by atoms with Crippen LogP contribution in [0.25, 0.3) is 0 Å². The maximum Gasteiger partial charge on any atom is 0.404 e. The van der Waals surface area contributed by atoms with Crippen LogP contribution in [-0.2, 0) is 4.57 Å². The van der Waals surface area contributed by atoms with E-state index in [9.17, 15) is 9.36 Å². The van der Waals surface area contributed by atoms with Crippen LogP contribution in [0.3, 0.4) is 0 Å². The maximum atomic E-state index is 10.4. The summed E-state index contributed by atoms with van der Waals surface area (Å²) >= 11 is 0. The fourth-order valence-electron chi connectivity index (χ4n) is 0.608. The predicted molar refractivity (Wildman–Crippen MR) is 40.1 cm³/mol. The molecule has 0 atom stereocenters. The molecule has 0 aliphatic heterocycles. The van der Waals surface area contributed by atoms with Crippen LogP contribution in [-0.4, -0.2) is 5.71 Å². The molecule has 0 heterocycles. The minimum Gasteiger partial charge on any atom is -0.418 e. The first-order valence-electron chi connectivity index (χ1n) is 2.93. The highest BCUT2D eigenvalue weighted by molar-refractivity contribution is 7.45. The Morgan fingerprint density at radius 1 is 1.27 bits per heavy atom. The van der Waals surface area contributed by atoms with Crippen LogP contribution in [0.2, 0.25) is 0 Å². The molecule has 0 N–H and O–H groups in total. The SMILES string of the molecule is O=PC(=O)Oc1ccccc1. The predicted octanol–water partition coefficient (Wildman–Crippen LogP) is 2.48. The monoisotopic (exact) mass is 168 g/mol. The third kappa shape index (κ3) is 2.48. The van der Waals surface area contributed by atoms with E-state index in [2.05, 4.69) is 4.74 Å². The van der Waals surface area contributed by atoms with Crippen molar-refractivity contribution in [2.45, 2.75) is 0 Å². The molecule has 0 saturated heterocycles. The number of hydrogen-bond acceptors (Lipinski definition) is 3. The zero-order chi connectivity index (χ0) is 8.10. The van der Waals surface area contributed by atoms with E-state index < -0.39 is 14.2 Å². The first kappa shape index (κ1) is 7.89. The molecule has 0 radical (unpaired) electrons. The zero-order valence-corrected chi connectivity index (χ0v) is 6.45. The first-order chi connectivity index (χ1) is 5.33. The third-order valence-electron chi connectivity index (χ3n) is 1.02. The van der Waals surface area contributed by atoms with E-state index in [1.807, 2.05) is 0 Å². The molecular formula is C7H5O3P. The number of ether oxygens (including phenoxy) is 1. The molecule has 0 bridgehead atoms. The van der Waals surface area contributed by atoms with Crippen LogP contribution in [0.1, 0.15) is 0 Å². The second-order valence-electron chi connectivity index (χ2n) is 1.77. The third-order valence-corrected chi connectivity index (χ3v) is 1.26. The summed E-state index contributed by atoms with van der Waals surface area (Å²) in [6.45, 7) is 0. The van der Waals surface area contributed by atoms with Crippen molar-refractivity contribution in [2.75, 3.05) is 0 Å². The summed E-state index contributed by atoms with van der Waals surface area (Å²) < 4.78 is 14.5. The average molecular weight is 168 g/mol. The summed E-state index contributed by atoms with van der Waals surface area (Å²) in [5.74, 6) is 0.404. The molecule has 1 aromatic carbocycles. The molecule has 0 aromatic heterocycles. The van der Waals surface area contributed by atoms with Crippen LogP contribution in [0.4, 0.5) is 4.79 Å². The van der Waals surface area contributed by atoms with Crippen molar-refractivity contribution >= 4 is 14.2 Å². The number of para-hydroxylation sites is 1. The van der Waals surface area contributed by atoms with E-state index in [1.165, 1.54) is 0 Å². The Hall–Kier alpha value is -1.21. The molecule has 1 aromatic rings. The van der Waals surface area contributed by atoms with Crippen molar-refractivity contribution in [3.05, 3.63) is 30.3 Å². The first-order valence-corrected chi connectivity index (χ1v) is 3.74. The Morgan fingerprint density at radius 2 is 1.91 bits per heavy atom. The van der Waals surface area contributed by atoms with Crippen LogP contribution >= 0.6 is 8.46 Å². The van der Waals surface area contributed by atoms with Crippen LogP contribution < -0.4 is 4.74 Å². The minimum atomic E-state index is -0.781. The standard InChI is InChI=1S/C7H5O3P/c8-7(11-9)10-6-4-2-1-3-5-6/h1-5H. The Labute approximate surface area is 65.2 Å². The van der Waals surface area contributed by atoms with Gasteiger partial charge in [-0.3, -0.25) is 4.57 Å². The summed E-state index contributed by atoms with van der Waals surface area (Å²) in [5, 5.41) is 0. The molecule has 0 amide bonds. The lowest BCUT2D eigenvalue weighted by Gasteiger charge is -1.95. The van der Waals surface area contributed by atoms with Gasteiger partial charge in [0.2, 0.25) is 0 Å². The lowest BCUT2D eigenvalue weighted by molar-refractivity contribution is 0.225. The van der Waals surface area contributed by atoms with Crippen molar-refractivity contribution in [1.82, 2.24) is 0 Å². The topological polar surface area (TPSA) is 43.4 Å². The molecule has 0 unspecified atom stereocenters. The van der Waals surface area contributed by atoms with Gasteiger partial charge < -0.3 is 4.74 Å². The molecule has 1 rings (SSSR count). The van der Waals surface area contributed by atoms with Gasteiger partial charge in [0.15, 0.2) is 0 Å². The van der Waals surface area contributed by atoms with Gasteiger partial charge in [-0.1, -0.05) is 18.2 Å². The maximum absolute atomic E-state index is 10.4. The van der Waals surface area contributed by atoms with E-state index in [-0.39, 0.29) is 0 Å². The van der Waals surface area contributed by atoms with E-state index in [0.717, 1.165) is 0 Å². The van der Waals surface area contributed by atoms with Gasteiger partial charge in [-0.2, -0.15) is 0 Å². The number of rotatable bonds is 2. The molecule has 0 spiro atoms. The lowest BCUT2D eigenvalue weighted by Crippen LogP contribution is -1.95. The molecule has 0 fully saturated rings. The molecule has 4 heteroatoms. The molecule has 56 valence electrons. The Morgan fingerprint density at radius 3 is 2.45 bits per heavy atom. The van der Waals surface area contributed by atoms with Gasteiger partial charge in [0.25, 0.3) is 8.46 Å². The van der Waals surface area contributed by atoms with E-state index in [4.69, 9.17) is 0 Å². The second-order valence-corrected chi connectivity index (χ2v) is 2.32. The molecule has 0 aliphatic rings. The smallest absolute Gasteiger partial charge is 0.404 e. The molecular weight excluding hydrogens is 163 g/mol. The molecule has 11 heavy (non-hydrogen) atoms. The van der Waals surface area contributed by atoms with Crippen molar-refractivity contribution < 1.29 is 14.1 Å². The molecule has 3 nitrogen and oxygen atoms in total. The summed E-state index contributed by atoms with van der Waals surface area (Å²) in [4.78, 5) is 10.4. The summed E-state index contributed by atoms with van der Waals surface area (Å²) in [5.41, 5.74) is -0.781. The van der Waals surface area contributed by atoms with Crippen molar-refractivity contribution in [3.8, 4) is 5.75 Å². The van der Waals surface area contributed by atoms with Gasteiger partial charge in [0.1, 0.15) is 5.75 Å². The van der Waals surface area contributed by atoms with E-state index in [1.54, 1.807) is 30.3 Å². The molecule has 0 saturated carbocycles. The highest BCUT2D eigenvalue weighted by Gasteiger charge is 2.00. The highest BCUT2D eigenvalue weighted by atomic mass is 31.1. The van der Waals surface area contributed by atoms with E-state index >= 15 is 0 Å². The zero-order valence-electron chi connectivity index (χ0n) is 5.56. The van der Waals surface area contributed by atoms with E-state index in [0.29, 0.717) is 5.75 Å². The fraction of sp³-hybridized carbons (Fsp3) is 0. The van der Waals surface area contributed by atoms with Crippen molar-refractivity contribution in [3.63, 3.8) is 0 Å². The lowest BCUT2D eigenvalue weighted by atomic mass is 10.3. The summed E-state index contributed by atoms with van der Waals surface area (Å²) in [6.07, 6.45) is 0. The number of hydrogen-bond donors (Lipinski definition) is 0.